The number of hydrogen-bond donors (Lipinski definition) is 2. The molecule has 108 valence electrons. The van der Waals surface area contributed by atoms with Gasteiger partial charge in [-0.2, -0.15) is 5.10 Å². The zero-order valence-corrected chi connectivity index (χ0v) is 11.8. The van der Waals surface area contributed by atoms with Crippen molar-refractivity contribution in [3.8, 4) is 0 Å². The van der Waals surface area contributed by atoms with Gasteiger partial charge >= 0.3 is 0 Å². The van der Waals surface area contributed by atoms with E-state index in [1.54, 1.807) is 17.1 Å². The van der Waals surface area contributed by atoms with Crippen LogP contribution in [0.3, 0.4) is 0 Å². The summed E-state index contributed by atoms with van der Waals surface area (Å²) in [4.78, 5) is 19.4. The first-order valence-electron chi connectivity index (χ1n) is 6.94. The van der Waals surface area contributed by atoms with E-state index in [0.29, 0.717) is 12.2 Å². The molecule has 1 aromatic carbocycles. The molecule has 2 aromatic heterocycles. The first-order chi connectivity index (χ1) is 10.3. The average molecular weight is 283 g/mol. The van der Waals surface area contributed by atoms with Gasteiger partial charge in [0, 0.05) is 37.8 Å². The number of hydrogen-bond acceptors (Lipinski definition) is 3. The van der Waals surface area contributed by atoms with Crippen molar-refractivity contribution >= 4 is 16.8 Å². The maximum absolute atomic E-state index is 12.2. The number of fused-ring (bicyclic) bond motifs is 1. The summed E-state index contributed by atoms with van der Waals surface area (Å²) in [5, 5.41) is 8.09. The summed E-state index contributed by atoms with van der Waals surface area (Å²) in [6.45, 7) is 0.602. The first kappa shape index (κ1) is 13.4. The van der Waals surface area contributed by atoms with Gasteiger partial charge in [0.25, 0.3) is 5.91 Å². The number of benzene rings is 1. The highest BCUT2D eigenvalue weighted by atomic mass is 16.1. The molecule has 3 rings (SSSR count). The number of carbonyl (C=O) groups is 1. The van der Waals surface area contributed by atoms with E-state index >= 15 is 0 Å². The lowest BCUT2D eigenvalue weighted by atomic mass is 10.2. The number of amides is 1. The van der Waals surface area contributed by atoms with Crippen LogP contribution in [0, 0.1) is 0 Å². The van der Waals surface area contributed by atoms with Crippen molar-refractivity contribution in [2.75, 3.05) is 6.54 Å². The van der Waals surface area contributed by atoms with Gasteiger partial charge in [0.15, 0.2) is 5.69 Å². The number of H-pyrrole nitrogens is 1. The van der Waals surface area contributed by atoms with Crippen LogP contribution in [0.25, 0.3) is 10.9 Å². The standard InChI is InChI=1S/C15H17N5O/c1-20-12-6-3-2-5-11(12)14(19-20)15(21)18-8-4-7-13-16-9-10-17-13/h2-3,5-6,9-10H,4,7-8H2,1H3,(H,16,17)(H,18,21). The van der Waals surface area contributed by atoms with E-state index in [1.165, 1.54) is 0 Å². The van der Waals surface area contributed by atoms with Gasteiger partial charge in [-0.05, 0) is 12.5 Å². The van der Waals surface area contributed by atoms with E-state index in [1.807, 2.05) is 31.3 Å². The van der Waals surface area contributed by atoms with Gasteiger partial charge < -0.3 is 10.3 Å². The van der Waals surface area contributed by atoms with Gasteiger partial charge in [-0.1, -0.05) is 18.2 Å². The van der Waals surface area contributed by atoms with E-state index in [-0.39, 0.29) is 5.91 Å². The van der Waals surface area contributed by atoms with E-state index in [4.69, 9.17) is 0 Å². The molecule has 2 N–H and O–H groups in total. The number of aromatic nitrogens is 4. The second-order valence-corrected chi connectivity index (χ2v) is 4.88. The Bertz CT molecular complexity index is 745. The smallest absolute Gasteiger partial charge is 0.272 e. The van der Waals surface area contributed by atoms with Crippen molar-refractivity contribution < 1.29 is 4.79 Å². The van der Waals surface area contributed by atoms with Gasteiger partial charge in [-0.15, -0.1) is 0 Å². The molecule has 0 fully saturated rings. The summed E-state index contributed by atoms with van der Waals surface area (Å²) < 4.78 is 1.73. The van der Waals surface area contributed by atoms with Crippen molar-refractivity contribution in [3.63, 3.8) is 0 Å². The van der Waals surface area contributed by atoms with Crippen LogP contribution in [0.5, 0.6) is 0 Å². The topological polar surface area (TPSA) is 75.6 Å². The highest BCUT2D eigenvalue weighted by molar-refractivity contribution is 6.04. The first-order valence-corrected chi connectivity index (χ1v) is 6.94. The number of aromatic amines is 1. The number of para-hydroxylation sites is 1. The maximum atomic E-state index is 12.2. The zero-order valence-electron chi connectivity index (χ0n) is 11.8. The maximum Gasteiger partial charge on any atom is 0.272 e. The summed E-state index contributed by atoms with van der Waals surface area (Å²) in [6, 6.07) is 7.73. The second kappa shape index (κ2) is 5.78. The predicted molar refractivity (Wildman–Crippen MR) is 80.0 cm³/mol. The summed E-state index contributed by atoms with van der Waals surface area (Å²) in [7, 11) is 1.84. The monoisotopic (exact) mass is 283 g/mol. The number of carbonyl (C=O) groups excluding carboxylic acids is 1. The number of aryl methyl sites for hydroxylation is 2. The van der Waals surface area contributed by atoms with Crippen LogP contribution in [0.15, 0.2) is 36.7 Å². The highest BCUT2D eigenvalue weighted by Gasteiger charge is 2.14. The fourth-order valence-electron chi connectivity index (χ4n) is 2.36. The Morgan fingerprint density at radius 3 is 3.05 bits per heavy atom. The molecule has 6 nitrogen and oxygen atoms in total. The Labute approximate surface area is 122 Å². The van der Waals surface area contributed by atoms with Crippen LogP contribution in [0.2, 0.25) is 0 Å². The molecule has 0 radical (unpaired) electrons. The van der Waals surface area contributed by atoms with Gasteiger partial charge in [0.05, 0.1) is 5.52 Å². The molecule has 0 aliphatic rings. The molecule has 1 amide bonds. The molecule has 0 saturated carbocycles. The van der Waals surface area contributed by atoms with Crippen molar-refractivity contribution in [3.05, 3.63) is 48.2 Å². The zero-order chi connectivity index (χ0) is 14.7. The largest absolute Gasteiger partial charge is 0.351 e. The van der Waals surface area contributed by atoms with Crippen LogP contribution >= 0.6 is 0 Å². The molecular formula is C15H17N5O. The van der Waals surface area contributed by atoms with Crippen molar-refractivity contribution in [2.24, 2.45) is 7.05 Å². The number of nitrogens with zero attached hydrogens (tertiary/aromatic N) is 3. The number of rotatable bonds is 5. The fraction of sp³-hybridized carbons (Fsp3) is 0.267. The molecule has 6 heteroatoms. The molecule has 3 aromatic rings. The molecular weight excluding hydrogens is 266 g/mol. The SMILES string of the molecule is Cn1nc(C(=O)NCCCc2ncc[nH]2)c2ccccc21. The van der Waals surface area contributed by atoms with Gasteiger partial charge in [-0.25, -0.2) is 4.98 Å². The summed E-state index contributed by atoms with van der Waals surface area (Å²) in [6.07, 6.45) is 5.18. The third kappa shape index (κ3) is 2.79. The average Bonchev–Trinajstić information content (AvgIpc) is 3.12. The van der Waals surface area contributed by atoms with Crippen LogP contribution in [-0.2, 0) is 13.5 Å². The minimum Gasteiger partial charge on any atom is -0.351 e. The lowest BCUT2D eigenvalue weighted by Crippen LogP contribution is -2.25. The Kier molecular flexibility index (Phi) is 3.68. The van der Waals surface area contributed by atoms with Crippen LogP contribution in [0.4, 0.5) is 0 Å². The quantitative estimate of drug-likeness (QED) is 0.699. The second-order valence-electron chi connectivity index (χ2n) is 4.88. The Morgan fingerprint density at radius 2 is 2.24 bits per heavy atom. The molecule has 0 spiro atoms. The normalized spacial score (nSPS) is 10.9. The molecule has 0 bridgehead atoms. The lowest BCUT2D eigenvalue weighted by molar-refractivity contribution is 0.0949. The summed E-state index contributed by atoms with van der Waals surface area (Å²) in [5.74, 6) is 0.804. The molecule has 2 heterocycles. The Hall–Kier alpha value is -2.63. The minimum absolute atomic E-state index is 0.133. The van der Waals surface area contributed by atoms with Crippen LogP contribution in [-0.4, -0.2) is 32.2 Å². The third-order valence-corrected chi connectivity index (χ3v) is 3.40. The number of imidazole rings is 1. The molecule has 21 heavy (non-hydrogen) atoms. The predicted octanol–water partition coefficient (Wildman–Crippen LogP) is 1.66. The molecule has 0 unspecified atom stereocenters. The molecule has 0 atom stereocenters. The van der Waals surface area contributed by atoms with Crippen LogP contribution in [0.1, 0.15) is 22.7 Å². The van der Waals surface area contributed by atoms with Gasteiger partial charge in [-0.3, -0.25) is 9.48 Å². The molecule has 0 saturated heterocycles. The number of nitrogens with one attached hydrogen (secondary N) is 2. The fourth-order valence-corrected chi connectivity index (χ4v) is 2.36. The summed E-state index contributed by atoms with van der Waals surface area (Å²) >= 11 is 0. The minimum atomic E-state index is -0.133. The van der Waals surface area contributed by atoms with E-state index in [2.05, 4.69) is 20.4 Å². The van der Waals surface area contributed by atoms with Gasteiger partial charge in [0.1, 0.15) is 5.82 Å². The molecule has 0 aliphatic heterocycles. The lowest BCUT2D eigenvalue weighted by Gasteiger charge is -2.02. The Morgan fingerprint density at radius 1 is 1.38 bits per heavy atom. The van der Waals surface area contributed by atoms with Crippen LogP contribution < -0.4 is 5.32 Å². The van der Waals surface area contributed by atoms with E-state index in [0.717, 1.165) is 29.6 Å². The van der Waals surface area contributed by atoms with Crippen molar-refractivity contribution in [2.45, 2.75) is 12.8 Å². The van der Waals surface area contributed by atoms with E-state index < -0.39 is 0 Å². The van der Waals surface area contributed by atoms with Gasteiger partial charge in [0.2, 0.25) is 0 Å². The highest BCUT2D eigenvalue weighted by Crippen LogP contribution is 2.17. The molecule has 0 aliphatic carbocycles. The Balaban J connectivity index is 1.62. The third-order valence-electron chi connectivity index (χ3n) is 3.40. The van der Waals surface area contributed by atoms with E-state index in [9.17, 15) is 4.79 Å². The summed E-state index contributed by atoms with van der Waals surface area (Å²) in [5.41, 5.74) is 1.43. The van der Waals surface area contributed by atoms with Crippen molar-refractivity contribution in [1.29, 1.82) is 0 Å². The van der Waals surface area contributed by atoms with Crippen molar-refractivity contribution in [1.82, 2.24) is 25.1 Å².